The molecule has 0 saturated carbocycles. The van der Waals surface area contributed by atoms with Crippen molar-refractivity contribution in [1.82, 2.24) is 29.2 Å². The maximum atomic E-state index is 13.0. The smallest absolute Gasteiger partial charge is 0.246 e. The third kappa shape index (κ3) is 3.70. The Kier molecular flexibility index (Phi) is 5.62. The molecule has 2 aromatic rings. The average molecular weight is 409 g/mol. The van der Waals surface area contributed by atoms with Crippen LogP contribution in [0.1, 0.15) is 35.5 Å². The van der Waals surface area contributed by atoms with E-state index in [9.17, 15) is 13.2 Å². The first-order valence-corrected chi connectivity index (χ1v) is 10.8. The molecule has 3 rings (SSSR count). The predicted molar refractivity (Wildman–Crippen MR) is 104 cm³/mol. The number of aromatic nitrogens is 4. The number of hydrogen-bond donors (Lipinski definition) is 1. The maximum absolute atomic E-state index is 13.0. The number of nitrogens with zero attached hydrogens (tertiary/aromatic N) is 5. The van der Waals surface area contributed by atoms with Gasteiger partial charge in [-0.05, 0) is 33.6 Å². The molecule has 1 unspecified atom stereocenters. The molecule has 1 aliphatic heterocycles. The number of aryl methyl sites for hydroxylation is 3. The summed E-state index contributed by atoms with van der Waals surface area (Å²) in [5.74, 6) is -0.483. The fraction of sp³-hybridized carbons (Fsp3) is 0.611. The van der Waals surface area contributed by atoms with Gasteiger partial charge in [0.15, 0.2) is 0 Å². The number of piperidine rings is 1. The summed E-state index contributed by atoms with van der Waals surface area (Å²) in [4.78, 5) is 12.9. The third-order valence-corrected chi connectivity index (χ3v) is 7.63. The molecule has 9 nitrogen and oxygen atoms in total. The first-order valence-electron chi connectivity index (χ1n) is 9.38. The largest absolute Gasteiger partial charge is 0.352 e. The SMILES string of the molecule is Cc1nn(C)c(C)c1CNC(=O)C1CCCN(S(=O)(=O)c2cnn(C)c2C)C1. The Bertz CT molecular complexity index is 991. The van der Waals surface area contributed by atoms with Crippen molar-refractivity contribution in [3.8, 4) is 0 Å². The second-order valence-electron chi connectivity index (χ2n) is 7.41. The fourth-order valence-electron chi connectivity index (χ4n) is 3.64. The van der Waals surface area contributed by atoms with Gasteiger partial charge in [0, 0.05) is 45.0 Å². The van der Waals surface area contributed by atoms with Gasteiger partial charge in [-0.2, -0.15) is 14.5 Å². The topological polar surface area (TPSA) is 102 Å². The van der Waals surface area contributed by atoms with Gasteiger partial charge < -0.3 is 5.32 Å². The molecule has 0 spiro atoms. The Morgan fingerprint density at radius 2 is 1.93 bits per heavy atom. The van der Waals surface area contributed by atoms with Crippen LogP contribution in [0.2, 0.25) is 0 Å². The van der Waals surface area contributed by atoms with Crippen LogP contribution >= 0.6 is 0 Å². The van der Waals surface area contributed by atoms with Gasteiger partial charge in [0.1, 0.15) is 4.90 Å². The molecule has 1 saturated heterocycles. The van der Waals surface area contributed by atoms with Gasteiger partial charge >= 0.3 is 0 Å². The molecule has 1 N–H and O–H groups in total. The molecule has 1 atom stereocenters. The minimum atomic E-state index is -3.66. The van der Waals surface area contributed by atoms with Crippen molar-refractivity contribution < 1.29 is 13.2 Å². The second kappa shape index (κ2) is 7.67. The zero-order valence-corrected chi connectivity index (χ0v) is 17.9. The molecule has 1 fully saturated rings. The van der Waals surface area contributed by atoms with E-state index in [1.54, 1.807) is 23.3 Å². The highest BCUT2D eigenvalue weighted by molar-refractivity contribution is 7.89. The van der Waals surface area contributed by atoms with Crippen LogP contribution in [0.3, 0.4) is 0 Å². The second-order valence-corrected chi connectivity index (χ2v) is 9.32. The van der Waals surface area contributed by atoms with Crippen molar-refractivity contribution >= 4 is 15.9 Å². The van der Waals surface area contributed by atoms with Crippen LogP contribution < -0.4 is 5.32 Å². The first-order chi connectivity index (χ1) is 13.1. The zero-order chi connectivity index (χ0) is 20.6. The summed E-state index contributed by atoms with van der Waals surface area (Å²) in [5.41, 5.74) is 3.49. The number of hydrogen-bond acceptors (Lipinski definition) is 5. The molecule has 3 heterocycles. The number of carbonyl (C=O) groups is 1. The first kappa shape index (κ1) is 20.5. The molecule has 1 aliphatic rings. The molecular weight excluding hydrogens is 380 g/mol. The zero-order valence-electron chi connectivity index (χ0n) is 17.1. The van der Waals surface area contributed by atoms with Gasteiger partial charge in [0.05, 0.1) is 23.5 Å². The maximum Gasteiger partial charge on any atom is 0.246 e. The molecule has 1 amide bonds. The summed E-state index contributed by atoms with van der Waals surface area (Å²) < 4.78 is 30.7. The molecule has 0 aromatic carbocycles. The number of amides is 1. The van der Waals surface area contributed by atoms with Gasteiger partial charge in [-0.1, -0.05) is 0 Å². The van der Waals surface area contributed by atoms with E-state index >= 15 is 0 Å². The van der Waals surface area contributed by atoms with Crippen molar-refractivity contribution in [2.45, 2.75) is 45.1 Å². The third-order valence-electron chi connectivity index (χ3n) is 5.66. The van der Waals surface area contributed by atoms with Gasteiger partial charge in [-0.3, -0.25) is 14.2 Å². The highest BCUT2D eigenvalue weighted by Crippen LogP contribution is 2.25. The average Bonchev–Trinajstić information content (AvgIpc) is 3.12. The predicted octanol–water partition coefficient (Wildman–Crippen LogP) is 0.796. The van der Waals surface area contributed by atoms with E-state index in [-0.39, 0.29) is 23.3 Å². The summed E-state index contributed by atoms with van der Waals surface area (Å²) in [6.07, 6.45) is 2.71. The number of carbonyl (C=O) groups excluding carboxylic acids is 1. The fourth-order valence-corrected chi connectivity index (χ4v) is 5.35. The Morgan fingerprint density at radius 3 is 2.50 bits per heavy atom. The Labute approximate surface area is 165 Å². The van der Waals surface area contributed by atoms with Crippen LogP contribution in [0.25, 0.3) is 0 Å². The summed E-state index contributed by atoms with van der Waals surface area (Å²) in [6.45, 7) is 6.61. The van der Waals surface area contributed by atoms with Crippen LogP contribution in [-0.2, 0) is 35.5 Å². The lowest BCUT2D eigenvalue weighted by Gasteiger charge is -2.31. The summed E-state index contributed by atoms with van der Waals surface area (Å²) in [6, 6.07) is 0. The highest BCUT2D eigenvalue weighted by atomic mass is 32.2. The van der Waals surface area contributed by atoms with Crippen LogP contribution in [0, 0.1) is 26.7 Å². The lowest BCUT2D eigenvalue weighted by atomic mass is 9.98. The number of rotatable bonds is 5. The lowest BCUT2D eigenvalue weighted by Crippen LogP contribution is -2.45. The molecule has 28 heavy (non-hydrogen) atoms. The van der Waals surface area contributed by atoms with Gasteiger partial charge in [0.25, 0.3) is 0 Å². The van der Waals surface area contributed by atoms with Crippen molar-refractivity contribution in [2.75, 3.05) is 13.1 Å². The van der Waals surface area contributed by atoms with E-state index < -0.39 is 10.0 Å². The molecule has 10 heteroatoms. The van der Waals surface area contributed by atoms with Crippen molar-refractivity contribution in [3.63, 3.8) is 0 Å². The Balaban J connectivity index is 1.69. The Hall–Kier alpha value is -2.20. The lowest BCUT2D eigenvalue weighted by molar-refractivity contribution is -0.126. The van der Waals surface area contributed by atoms with Crippen LogP contribution in [0.15, 0.2) is 11.1 Å². The van der Waals surface area contributed by atoms with E-state index in [4.69, 9.17) is 0 Å². The van der Waals surface area contributed by atoms with E-state index in [0.717, 1.165) is 17.0 Å². The number of sulfonamides is 1. The van der Waals surface area contributed by atoms with Crippen LogP contribution in [-0.4, -0.2) is 51.3 Å². The van der Waals surface area contributed by atoms with E-state index in [0.29, 0.717) is 31.6 Å². The van der Waals surface area contributed by atoms with E-state index in [1.807, 2.05) is 20.9 Å². The number of nitrogens with one attached hydrogen (secondary N) is 1. The normalized spacial score (nSPS) is 18.4. The van der Waals surface area contributed by atoms with Gasteiger partial charge in [-0.25, -0.2) is 8.42 Å². The van der Waals surface area contributed by atoms with Crippen molar-refractivity contribution in [2.24, 2.45) is 20.0 Å². The van der Waals surface area contributed by atoms with E-state index in [2.05, 4.69) is 15.5 Å². The summed E-state index contributed by atoms with van der Waals surface area (Å²) in [5, 5.41) is 11.4. The van der Waals surface area contributed by atoms with Crippen molar-refractivity contribution in [3.05, 3.63) is 28.8 Å². The minimum Gasteiger partial charge on any atom is -0.352 e. The molecule has 2 aromatic heterocycles. The van der Waals surface area contributed by atoms with Crippen molar-refractivity contribution in [1.29, 1.82) is 0 Å². The van der Waals surface area contributed by atoms with Crippen LogP contribution in [0.5, 0.6) is 0 Å². The molecule has 0 aliphatic carbocycles. The quantitative estimate of drug-likeness (QED) is 0.788. The molecule has 154 valence electrons. The van der Waals surface area contributed by atoms with Gasteiger partial charge in [0.2, 0.25) is 15.9 Å². The highest BCUT2D eigenvalue weighted by Gasteiger charge is 2.35. The summed E-state index contributed by atoms with van der Waals surface area (Å²) in [7, 11) is -0.0743. The van der Waals surface area contributed by atoms with Crippen LogP contribution in [0.4, 0.5) is 0 Å². The Morgan fingerprint density at radius 1 is 1.21 bits per heavy atom. The standard InChI is InChI=1S/C18H28N6O3S/c1-12-16(13(2)23(5)21-12)9-19-18(25)15-7-6-8-24(11-15)28(26,27)17-10-20-22(4)14(17)3/h10,15H,6-9,11H2,1-5H3,(H,19,25). The minimum absolute atomic E-state index is 0.120. The molecule has 0 radical (unpaired) electrons. The molecular formula is C18H28N6O3S. The van der Waals surface area contributed by atoms with E-state index in [1.165, 1.54) is 10.5 Å². The summed E-state index contributed by atoms with van der Waals surface area (Å²) >= 11 is 0. The van der Waals surface area contributed by atoms with Gasteiger partial charge in [-0.15, -0.1) is 0 Å². The monoisotopic (exact) mass is 408 g/mol. The molecule has 0 bridgehead atoms.